The molecule has 0 radical (unpaired) electrons. The van der Waals surface area contributed by atoms with E-state index in [0.717, 1.165) is 0 Å². The number of hydrogen-bond donors (Lipinski definition) is 2. The minimum atomic E-state index is -0.693. The van der Waals surface area contributed by atoms with Crippen molar-refractivity contribution in [3.63, 3.8) is 0 Å². The number of carbonyl (C=O) groups excluding carboxylic acids is 2. The van der Waals surface area contributed by atoms with Crippen molar-refractivity contribution < 1.29 is 24.2 Å². The Morgan fingerprint density at radius 1 is 1.35 bits per heavy atom. The van der Waals surface area contributed by atoms with E-state index in [0.29, 0.717) is 11.3 Å². The molecule has 1 atom stereocenters. The van der Waals surface area contributed by atoms with Crippen molar-refractivity contribution in [1.29, 1.82) is 0 Å². The van der Waals surface area contributed by atoms with Crippen molar-refractivity contribution in [2.45, 2.75) is 26.8 Å². The van der Waals surface area contributed by atoms with Crippen LogP contribution in [0.25, 0.3) is 6.08 Å². The molecule has 0 aliphatic carbocycles. The van der Waals surface area contributed by atoms with Gasteiger partial charge in [0.25, 0.3) is 0 Å². The average molecular weight is 321 g/mol. The van der Waals surface area contributed by atoms with Crippen molar-refractivity contribution in [2.24, 2.45) is 5.92 Å². The van der Waals surface area contributed by atoms with Gasteiger partial charge in [0.1, 0.15) is 6.04 Å². The summed E-state index contributed by atoms with van der Waals surface area (Å²) in [5, 5.41) is 12.2. The smallest absolute Gasteiger partial charge is 0.328 e. The van der Waals surface area contributed by atoms with E-state index in [9.17, 15) is 14.7 Å². The first-order chi connectivity index (χ1) is 10.9. The number of phenols is 1. The first-order valence-electron chi connectivity index (χ1n) is 7.41. The Hall–Kier alpha value is -2.50. The summed E-state index contributed by atoms with van der Waals surface area (Å²) in [6.07, 6.45) is 2.89. The molecule has 0 aromatic heterocycles. The summed E-state index contributed by atoms with van der Waals surface area (Å²) in [6, 6.07) is 4.03. The third kappa shape index (κ3) is 5.65. The van der Waals surface area contributed by atoms with Gasteiger partial charge in [0.15, 0.2) is 11.5 Å². The largest absolute Gasteiger partial charge is 0.504 e. The lowest BCUT2D eigenvalue weighted by Crippen LogP contribution is -2.44. The third-order valence-electron chi connectivity index (χ3n) is 3.14. The molecule has 6 nitrogen and oxygen atoms in total. The summed E-state index contributed by atoms with van der Waals surface area (Å²) in [7, 11) is 1.45. The van der Waals surface area contributed by atoms with Gasteiger partial charge >= 0.3 is 5.97 Å². The molecular weight excluding hydrogens is 298 g/mol. The second-order valence-electron chi connectivity index (χ2n) is 5.25. The number of carbonyl (C=O) groups is 2. The predicted molar refractivity (Wildman–Crippen MR) is 87.1 cm³/mol. The third-order valence-corrected chi connectivity index (χ3v) is 3.14. The van der Waals surface area contributed by atoms with Crippen LogP contribution in [-0.2, 0) is 14.3 Å². The van der Waals surface area contributed by atoms with Crippen LogP contribution in [-0.4, -0.2) is 36.7 Å². The van der Waals surface area contributed by atoms with E-state index in [2.05, 4.69) is 5.32 Å². The summed E-state index contributed by atoms with van der Waals surface area (Å²) in [6.45, 7) is 5.64. The number of aromatic hydroxyl groups is 1. The lowest BCUT2D eigenvalue weighted by atomic mass is 10.0. The number of amides is 1. The Kier molecular flexibility index (Phi) is 7.12. The maximum Gasteiger partial charge on any atom is 0.328 e. The molecule has 126 valence electrons. The lowest BCUT2D eigenvalue weighted by molar-refractivity contribution is -0.148. The average Bonchev–Trinajstić information content (AvgIpc) is 2.51. The molecule has 0 bridgehead atoms. The van der Waals surface area contributed by atoms with Crippen LogP contribution in [0.2, 0.25) is 0 Å². The molecule has 1 amide bonds. The zero-order chi connectivity index (χ0) is 17.4. The molecule has 0 spiro atoms. The van der Waals surface area contributed by atoms with Crippen molar-refractivity contribution in [1.82, 2.24) is 5.32 Å². The quantitative estimate of drug-likeness (QED) is 0.593. The molecule has 0 heterocycles. The number of methoxy groups -OCH3 is 1. The SMILES string of the molecule is CCOC(=O)[C@@H](NC(=O)/C=C/c1ccc(O)c(OC)c1)C(C)C. The van der Waals surface area contributed by atoms with E-state index < -0.39 is 17.9 Å². The molecule has 1 rings (SSSR count). The number of nitrogens with one attached hydrogen (secondary N) is 1. The second kappa shape index (κ2) is 8.82. The van der Waals surface area contributed by atoms with Gasteiger partial charge in [0.2, 0.25) is 5.91 Å². The number of phenolic OH excluding ortho intramolecular Hbond substituents is 1. The zero-order valence-corrected chi connectivity index (χ0v) is 13.8. The Balaban J connectivity index is 2.76. The standard InChI is InChI=1S/C17H23NO5/c1-5-23-17(21)16(11(2)3)18-15(20)9-7-12-6-8-13(19)14(10-12)22-4/h6-11,16,19H,5H2,1-4H3,(H,18,20)/b9-7+/t16-/m0/s1. The first-order valence-corrected chi connectivity index (χ1v) is 7.41. The Morgan fingerprint density at radius 2 is 2.04 bits per heavy atom. The van der Waals surface area contributed by atoms with E-state index in [1.807, 2.05) is 13.8 Å². The van der Waals surface area contributed by atoms with Gasteiger partial charge in [-0.3, -0.25) is 4.79 Å². The molecule has 6 heteroatoms. The fourth-order valence-corrected chi connectivity index (χ4v) is 1.90. The predicted octanol–water partition coefficient (Wildman–Crippen LogP) is 2.12. The van der Waals surface area contributed by atoms with Crippen molar-refractivity contribution in [2.75, 3.05) is 13.7 Å². The molecule has 0 fully saturated rings. The van der Waals surface area contributed by atoms with E-state index in [1.165, 1.54) is 19.3 Å². The molecule has 0 saturated heterocycles. The highest BCUT2D eigenvalue weighted by molar-refractivity contribution is 5.94. The maximum atomic E-state index is 12.0. The number of ether oxygens (including phenoxy) is 2. The molecule has 0 aliphatic heterocycles. The number of benzene rings is 1. The molecule has 1 aromatic carbocycles. The molecule has 23 heavy (non-hydrogen) atoms. The van der Waals surface area contributed by atoms with E-state index in [-0.39, 0.29) is 18.3 Å². The van der Waals surface area contributed by atoms with Crippen molar-refractivity contribution >= 4 is 18.0 Å². The second-order valence-corrected chi connectivity index (χ2v) is 5.25. The molecule has 1 aromatic rings. The summed E-state index contributed by atoms with van der Waals surface area (Å²) < 4.78 is 9.95. The fraction of sp³-hybridized carbons (Fsp3) is 0.412. The molecular formula is C17H23NO5. The van der Waals surface area contributed by atoms with Gasteiger partial charge in [-0.1, -0.05) is 19.9 Å². The van der Waals surface area contributed by atoms with E-state index >= 15 is 0 Å². The van der Waals surface area contributed by atoms with Crippen LogP contribution >= 0.6 is 0 Å². The molecule has 0 aliphatic rings. The summed E-state index contributed by atoms with van der Waals surface area (Å²) in [5.41, 5.74) is 0.687. The van der Waals surface area contributed by atoms with Crippen molar-refractivity contribution in [3.05, 3.63) is 29.8 Å². The topological polar surface area (TPSA) is 84.9 Å². The highest BCUT2D eigenvalue weighted by atomic mass is 16.5. The normalized spacial score (nSPS) is 12.2. The van der Waals surface area contributed by atoms with Crippen LogP contribution in [0.4, 0.5) is 0 Å². The van der Waals surface area contributed by atoms with Crippen molar-refractivity contribution in [3.8, 4) is 11.5 Å². The fourth-order valence-electron chi connectivity index (χ4n) is 1.90. The van der Waals surface area contributed by atoms with E-state index in [4.69, 9.17) is 9.47 Å². The number of rotatable bonds is 7. The highest BCUT2D eigenvalue weighted by Crippen LogP contribution is 2.26. The van der Waals surface area contributed by atoms with Gasteiger partial charge in [-0.25, -0.2) is 4.79 Å². The molecule has 2 N–H and O–H groups in total. The summed E-state index contributed by atoms with van der Waals surface area (Å²) >= 11 is 0. The van der Waals surface area contributed by atoms with Gasteiger partial charge in [0, 0.05) is 6.08 Å². The van der Waals surface area contributed by atoms with Gasteiger partial charge in [-0.2, -0.15) is 0 Å². The minimum absolute atomic E-state index is 0.0243. The lowest BCUT2D eigenvalue weighted by Gasteiger charge is -2.19. The van der Waals surface area contributed by atoms with E-state index in [1.54, 1.807) is 25.1 Å². The Labute approximate surface area is 136 Å². The number of hydrogen-bond acceptors (Lipinski definition) is 5. The highest BCUT2D eigenvalue weighted by Gasteiger charge is 2.24. The van der Waals surface area contributed by atoms with Gasteiger partial charge in [-0.15, -0.1) is 0 Å². The molecule has 0 unspecified atom stereocenters. The summed E-state index contributed by atoms with van der Waals surface area (Å²) in [5.74, 6) is -0.588. The minimum Gasteiger partial charge on any atom is -0.504 e. The van der Waals surface area contributed by atoms with Gasteiger partial charge in [-0.05, 0) is 36.6 Å². The van der Waals surface area contributed by atoms with Gasteiger partial charge in [0.05, 0.1) is 13.7 Å². The monoisotopic (exact) mass is 321 g/mol. The van der Waals surface area contributed by atoms with Crippen LogP contribution in [0, 0.1) is 5.92 Å². The Morgan fingerprint density at radius 3 is 2.61 bits per heavy atom. The van der Waals surface area contributed by atoms with Crippen LogP contribution < -0.4 is 10.1 Å². The van der Waals surface area contributed by atoms with Crippen LogP contribution in [0.5, 0.6) is 11.5 Å². The van der Waals surface area contributed by atoms with Gasteiger partial charge < -0.3 is 19.9 Å². The van der Waals surface area contributed by atoms with Crippen LogP contribution in [0.15, 0.2) is 24.3 Å². The first kappa shape index (κ1) is 18.5. The van der Waals surface area contributed by atoms with Crippen LogP contribution in [0.3, 0.4) is 0 Å². The molecule has 0 saturated carbocycles. The summed E-state index contributed by atoms with van der Waals surface area (Å²) in [4.78, 5) is 23.8. The number of esters is 1. The zero-order valence-electron chi connectivity index (χ0n) is 13.8. The maximum absolute atomic E-state index is 12.0. The van der Waals surface area contributed by atoms with Crippen LogP contribution in [0.1, 0.15) is 26.3 Å². The Bertz CT molecular complexity index is 580.